The van der Waals surface area contributed by atoms with Crippen molar-refractivity contribution in [2.45, 2.75) is 25.5 Å². The standard InChI is InChI=1S/C10H17N3O/c1-12-9(4-5-11-12)7-13-6-2-3-10(14)8-13/h4-5,10,14H,2-3,6-8H2,1H3. The van der Waals surface area contributed by atoms with Crippen LogP contribution in [0, 0.1) is 0 Å². The van der Waals surface area contributed by atoms with Crippen molar-refractivity contribution >= 4 is 0 Å². The Morgan fingerprint density at radius 1 is 1.64 bits per heavy atom. The largest absolute Gasteiger partial charge is 0.392 e. The predicted octanol–water partition coefficient (Wildman–Crippen LogP) is 0.377. The molecule has 0 amide bonds. The van der Waals surface area contributed by atoms with Crippen LogP contribution in [0.25, 0.3) is 0 Å². The molecule has 0 saturated carbocycles. The molecule has 1 saturated heterocycles. The van der Waals surface area contributed by atoms with Gasteiger partial charge in [-0.15, -0.1) is 0 Å². The Labute approximate surface area is 84.1 Å². The van der Waals surface area contributed by atoms with Crippen LogP contribution in [-0.4, -0.2) is 39.0 Å². The van der Waals surface area contributed by atoms with Crippen molar-refractivity contribution < 1.29 is 5.11 Å². The zero-order valence-electron chi connectivity index (χ0n) is 8.56. The highest BCUT2D eigenvalue weighted by Crippen LogP contribution is 2.12. The number of aliphatic hydroxyl groups is 1. The molecule has 1 aromatic rings. The summed E-state index contributed by atoms with van der Waals surface area (Å²) in [5.74, 6) is 0. The van der Waals surface area contributed by atoms with Crippen molar-refractivity contribution in [3.05, 3.63) is 18.0 Å². The summed E-state index contributed by atoms with van der Waals surface area (Å²) in [6, 6.07) is 2.03. The van der Waals surface area contributed by atoms with Gasteiger partial charge in [-0.3, -0.25) is 9.58 Å². The molecule has 1 fully saturated rings. The molecule has 4 nitrogen and oxygen atoms in total. The molecule has 0 spiro atoms. The maximum absolute atomic E-state index is 9.51. The van der Waals surface area contributed by atoms with Crippen LogP contribution >= 0.6 is 0 Å². The molecule has 1 unspecified atom stereocenters. The Morgan fingerprint density at radius 3 is 3.14 bits per heavy atom. The van der Waals surface area contributed by atoms with Crippen molar-refractivity contribution in [1.29, 1.82) is 0 Å². The molecule has 0 radical (unpaired) electrons. The fourth-order valence-electron chi connectivity index (χ4n) is 1.96. The molecule has 14 heavy (non-hydrogen) atoms. The first-order chi connectivity index (χ1) is 6.75. The summed E-state index contributed by atoms with van der Waals surface area (Å²) >= 11 is 0. The van der Waals surface area contributed by atoms with Gasteiger partial charge in [-0.05, 0) is 25.5 Å². The van der Waals surface area contributed by atoms with Gasteiger partial charge >= 0.3 is 0 Å². The minimum atomic E-state index is -0.142. The molecule has 4 heteroatoms. The van der Waals surface area contributed by atoms with Crippen LogP contribution in [0.15, 0.2) is 12.3 Å². The Balaban J connectivity index is 1.94. The number of piperidine rings is 1. The van der Waals surface area contributed by atoms with Crippen molar-refractivity contribution in [3.8, 4) is 0 Å². The van der Waals surface area contributed by atoms with Gasteiger partial charge in [0.05, 0.1) is 11.8 Å². The lowest BCUT2D eigenvalue weighted by atomic mass is 10.1. The second-order valence-corrected chi connectivity index (χ2v) is 3.98. The van der Waals surface area contributed by atoms with E-state index in [4.69, 9.17) is 0 Å². The van der Waals surface area contributed by atoms with Crippen molar-refractivity contribution in [2.75, 3.05) is 13.1 Å². The van der Waals surface area contributed by atoms with E-state index in [9.17, 15) is 5.11 Å². The molecular formula is C10H17N3O. The third-order valence-electron chi connectivity index (χ3n) is 2.79. The number of hydrogen-bond acceptors (Lipinski definition) is 3. The Kier molecular flexibility index (Phi) is 2.84. The highest BCUT2D eigenvalue weighted by atomic mass is 16.3. The van der Waals surface area contributed by atoms with Gasteiger partial charge in [-0.25, -0.2) is 0 Å². The van der Waals surface area contributed by atoms with Crippen LogP contribution < -0.4 is 0 Å². The minimum Gasteiger partial charge on any atom is -0.392 e. The smallest absolute Gasteiger partial charge is 0.0667 e. The van der Waals surface area contributed by atoms with E-state index in [0.717, 1.165) is 32.5 Å². The molecule has 1 atom stereocenters. The lowest BCUT2D eigenvalue weighted by Gasteiger charge is -2.29. The third-order valence-corrected chi connectivity index (χ3v) is 2.79. The SMILES string of the molecule is Cn1nccc1CN1CCCC(O)C1. The maximum Gasteiger partial charge on any atom is 0.0667 e. The molecule has 0 aromatic carbocycles. The van der Waals surface area contributed by atoms with E-state index in [2.05, 4.69) is 10.00 Å². The van der Waals surface area contributed by atoms with E-state index in [1.807, 2.05) is 24.0 Å². The van der Waals surface area contributed by atoms with E-state index in [1.165, 1.54) is 5.69 Å². The van der Waals surface area contributed by atoms with E-state index < -0.39 is 0 Å². The summed E-state index contributed by atoms with van der Waals surface area (Å²) in [5.41, 5.74) is 1.21. The number of aromatic nitrogens is 2. The zero-order valence-corrected chi connectivity index (χ0v) is 8.56. The highest BCUT2D eigenvalue weighted by molar-refractivity contribution is 5.00. The molecule has 2 rings (SSSR count). The van der Waals surface area contributed by atoms with Gasteiger partial charge in [0.2, 0.25) is 0 Å². The van der Waals surface area contributed by atoms with Gasteiger partial charge in [0.1, 0.15) is 0 Å². The van der Waals surface area contributed by atoms with Gasteiger partial charge in [-0.2, -0.15) is 5.10 Å². The Morgan fingerprint density at radius 2 is 2.50 bits per heavy atom. The van der Waals surface area contributed by atoms with Gasteiger partial charge in [0, 0.05) is 26.3 Å². The molecule has 1 aliphatic heterocycles. The summed E-state index contributed by atoms with van der Waals surface area (Å²) in [4.78, 5) is 2.28. The highest BCUT2D eigenvalue weighted by Gasteiger charge is 2.18. The third kappa shape index (κ3) is 2.13. The van der Waals surface area contributed by atoms with Crippen LogP contribution in [0.2, 0.25) is 0 Å². The Bertz CT molecular complexity index is 297. The number of β-amino-alcohol motifs (C(OH)–C–C–N with tert-alkyl or cyclic N) is 1. The fraction of sp³-hybridized carbons (Fsp3) is 0.700. The lowest BCUT2D eigenvalue weighted by Crippen LogP contribution is -2.38. The van der Waals surface area contributed by atoms with Crippen molar-refractivity contribution in [3.63, 3.8) is 0 Å². The van der Waals surface area contributed by atoms with Gasteiger partial charge in [0.25, 0.3) is 0 Å². The zero-order chi connectivity index (χ0) is 9.97. The lowest BCUT2D eigenvalue weighted by molar-refractivity contribution is 0.0656. The van der Waals surface area contributed by atoms with Gasteiger partial charge in [0.15, 0.2) is 0 Å². The molecule has 78 valence electrons. The van der Waals surface area contributed by atoms with E-state index in [-0.39, 0.29) is 6.10 Å². The number of rotatable bonds is 2. The second-order valence-electron chi connectivity index (χ2n) is 3.98. The molecule has 1 aromatic heterocycles. The summed E-state index contributed by atoms with van der Waals surface area (Å²) in [6.45, 7) is 2.78. The fourth-order valence-corrected chi connectivity index (χ4v) is 1.96. The summed E-state index contributed by atoms with van der Waals surface area (Å²) in [6.07, 6.45) is 3.72. The van der Waals surface area contributed by atoms with Crippen LogP contribution in [0.5, 0.6) is 0 Å². The first-order valence-corrected chi connectivity index (χ1v) is 5.13. The summed E-state index contributed by atoms with van der Waals surface area (Å²) in [7, 11) is 1.95. The number of aliphatic hydroxyl groups excluding tert-OH is 1. The molecule has 2 heterocycles. The average molecular weight is 195 g/mol. The number of hydrogen-bond donors (Lipinski definition) is 1. The van der Waals surface area contributed by atoms with E-state index in [1.54, 1.807) is 0 Å². The molecule has 0 aliphatic carbocycles. The van der Waals surface area contributed by atoms with E-state index >= 15 is 0 Å². The average Bonchev–Trinajstić information content (AvgIpc) is 2.52. The van der Waals surface area contributed by atoms with Crippen LogP contribution in [0.1, 0.15) is 18.5 Å². The first-order valence-electron chi connectivity index (χ1n) is 5.13. The monoisotopic (exact) mass is 195 g/mol. The normalized spacial score (nSPS) is 24.0. The first kappa shape index (κ1) is 9.68. The predicted molar refractivity (Wildman–Crippen MR) is 53.7 cm³/mol. The Hall–Kier alpha value is -0.870. The van der Waals surface area contributed by atoms with Crippen LogP contribution in [0.4, 0.5) is 0 Å². The minimum absolute atomic E-state index is 0.142. The molecular weight excluding hydrogens is 178 g/mol. The molecule has 0 bridgehead atoms. The van der Waals surface area contributed by atoms with E-state index in [0.29, 0.717) is 0 Å². The number of nitrogens with zero attached hydrogens (tertiary/aromatic N) is 3. The molecule has 1 N–H and O–H groups in total. The number of likely N-dealkylation sites (tertiary alicyclic amines) is 1. The summed E-state index contributed by atoms with van der Waals surface area (Å²) < 4.78 is 1.89. The van der Waals surface area contributed by atoms with Crippen LogP contribution in [-0.2, 0) is 13.6 Å². The molecule has 1 aliphatic rings. The van der Waals surface area contributed by atoms with Gasteiger partial charge < -0.3 is 5.11 Å². The maximum atomic E-state index is 9.51. The quantitative estimate of drug-likeness (QED) is 0.741. The number of aryl methyl sites for hydroxylation is 1. The topological polar surface area (TPSA) is 41.3 Å². The van der Waals surface area contributed by atoms with Crippen molar-refractivity contribution in [2.24, 2.45) is 7.05 Å². The van der Waals surface area contributed by atoms with Gasteiger partial charge in [-0.1, -0.05) is 0 Å². The summed E-state index contributed by atoms with van der Waals surface area (Å²) in [5, 5.41) is 13.6. The second kappa shape index (κ2) is 4.11. The van der Waals surface area contributed by atoms with Crippen molar-refractivity contribution in [1.82, 2.24) is 14.7 Å². The van der Waals surface area contributed by atoms with Crippen LogP contribution in [0.3, 0.4) is 0 Å².